The zero-order chi connectivity index (χ0) is 36.3. The minimum Gasteiger partial charge on any atom is -0.480 e. The molecular weight excluding hydrogens is 658 g/mol. The molecule has 0 saturated heterocycles. The van der Waals surface area contributed by atoms with Crippen molar-refractivity contribution in [3.05, 3.63) is 54.7 Å². The molecular formula is C29H41N13O8. The van der Waals surface area contributed by atoms with Crippen LogP contribution >= 0.6 is 0 Å². The summed E-state index contributed by atoms with van der Waals surface area (Å²) in [5.74, 6) is -4.53. The first-order valence-electron chi connectivity index (χ1n) is 15.6. The first-order chi connectivity index (χ1) is 24.0. The standard InChI is InChI=1S/C29H41N13O8/c30-10-26(46)34-4-1-23(43)40-20(7-17-11-31-14-37-17)27(47)35-5-2-24(44)41-21(8-18-12-32-15-38-18)28(48)36-6-3-25(45)42-22(29(49)50)9-19-13-33-16-39-19/h11-16,20-22H,1-10,30H2,(H,31,37)(H,32,38)(H,33,39)(H,34,46)(H,35,47)(H,36,48)(H,40,43)(H,41,44)(H,42,45)(H,49,50)/t20-,21-,22-/m0/s1. The van der Waals surface area contributed by atoms with E-state index in [1.54, 1.807) is 0 Å². The molecule has 0 spiro atoms. The summed E-state index contributed by atoms with van der Waals surface area (Å²) in [6, 6.07) is -3.32. The van der Waals surface area contributed by atoms with E-state index < -0.39 is 59.5 Å². The molecule has 12 N–H and O–H groups in total. The third-order valence-corrected chi connectivity index (χ3v) is 7.04. The highest BCUT2D eigenvalue weighted by molar-refractivity contribution is 5.90. The van der Waals surface area contributed by atoms with Crippen molar-refractivity contribution in [3.8, 4) is 0 Å². The maximum Gasteiger partial charge on any atom is 0.326 e. The van der Waals surface area contributed by atoms with Crippen LogP contribution in [0.5, 0.6) is 0 Å². The van der Waals surface area contributed by atoms with Crippen LogP contribution in [-0.4, -0.2) is 121 Å². The lowest BCUT2D eigenvalue weighted by molar-refractivity contribution is -0.141. The molecule has 21 heteroatoms. The molecule has 0 radical (unpaired) electrons. The molecule has 0 bridgehead atoms. The van der Waals surface area contributed by atoms with Crippen molar-refractivity contribution in [2.24, 2.45) is 5.73 Å². The molecule has 0 saturated carbocycles. The van der Waals surface area contributed by atoms with Crippen molar-refractivity contribution < 1.29 is 38.7 Å². The number of aromatic nitrogens is 6. The van der Waals surface area contributed by atoms with Crippen molar-refractivity contribution in [1.29, 1.82) is 0 Å². The van der Waals surface area contributed by atoms with Crippen LogP contribution < -0.4 is 37.6 Å². The minimum absolute atomic E-state index is 0.0117. The van der Waals surface area contributed by atoms with Gasteiger partial charge in [-0.15, -0.1) is 0 Å². The van der Waals surface area contributed by atoms with Gasteiger partial charge in [0.25, 0.3) is 0 Å². The topological polar surface area (TPSA) is 324 Å². The molecule has 0 aliphatic rings. The number of aromatic amines is 3. The maximum absolute atomic E-state index is 13.0. The summed E-state index contributed by atoms with van der Waals surface area (Å²) >= 11 is 0. The first-order valence-corrected chi connectivity index (χ1v) is 15.6. The summed E-state index contributed by atoms with van der Waals surface area (Å²) in [5, 5.41) is 24.7. The molecule has 0 aromatic carbocycles. The van der Waals surface area contributed by atoms with Gasteiger partial charge in [0, 0.05) is 93.8 Å². The first kappa shape index (κ1) is 38.3. The molecule has 0 fully saturated rings. The molecule has 3 rings (SSSR count). The number of rotatable bonds is 22. The number of aliphatic carboxylic acids is 1. The van der Waals surface area contributed by atoms with Crippen molar-refractivity contribution in [3.63, 3.8) is 0 Å². The Hall–Kier alpha value is -6.12. The van der Waals surface area contributed by atoms with E-state index in [0.717, 1.165) is 0 Å². The number of carboxylic acid groups (broad SMARTS) is 1. The zero-order valence-corrected chi connectivity index (χ0v) is 27.0. The van der Waals surface area contributed by atoms with Crippen LogP contribution in [0.1, 0.15) is 36.3 Å². The number of carbonyl (C=O) groups is 7. The highest BCUT2D eigenvalue weighted by Crippen LogP contribution is 2.03. The second-order valence-corrected chi connectivity index (χ2v) is 10.9. The van der Waals surface area contributed by atoms with Crippen LogP contribution in [-0.2, 0) is 52.8 Å². The monoisotopic (exact) mass is 699 g/mol. The Morgan fingerprint density at radius 3 is 1.28 bits per heavy atom. The van der Waals surface area contributed by atoms with Gasteiger partial charge in [-0.05, 0) is 0 Å². The molecule has 0 unspecified atom stereocenters. The smallest absolute Gasteiger partial charge is 0.326 e. The van der Waals surface area contributed by atoms with Crippen LogP contribution in [0.4, 0.5) is 0 Å². The van der Waals surface area contributed by atoms with E-state index in [1.165, 1.54) is 37.6 Å². The Morgan fingerprint density at radius 2 is 0.940 bits per heavy atom. The van der Waals surface area contributed by atoms with Gasteiger partial charge in [0.2, 0.25) is 35.4 Å². The molecule has 6 amide bonds. The number of nitrogens with one attached hydrogen (secondary N) is 9. The second kappa shape index (κ2) is 20.3. The lowest BCUT2D eigenvalue weighted by Gasteiger charge is -2.20. The maximum atomic E-state index is 13.0. The summed E-state index contributed by atoms with van der Waals surface area (Å²) < 4.78 is 0. The van der Waals surface area contributed by atoms with Gasteiger partial charge >= 0.3 is 5.97 Å². The number of carboxylic acids is 1. The van der Waals surface area contributed by atoms with E-state index >= 15 is 0 Å². The lowest BCUT2D eigenvalue weighted by atomic mass is 10.1. The third kappa shape index (κ3) is 13.9. The highest BCUT2D eigenvalue weighted by Gasteiger charge is 2.25. The number of nitrogens with zero attached hydrogens (tertiary/aromatic N) is 3. The fourth-order valence-corrected chi connectivity index (χ4v) is 4.50. The summed E-state index contributed by atoms with van der Waals surface area (Å²) in [6.45, 7) is -0.472. The summed E-state index contributed by atoms with van der Waals surface area (Å²) in [4.78, 5) is 107. The van der Waals surface area contributed by atoms with Crippen molar-refractivity contribution in [2.75, 3.05) is 26.2 Å². The number of amides is 6. The normalized spacial score (nSPS) is 12.5. The van der Waals surface area contributed by atoms with Gasteiger partial charge in [-0.2, -0.15) is 0 Å². The predicted molar refractivity (Wildman–Crippen MR) is 172 cm³/mol. The number of hydrogen-bond donors (Lipinski definition) is 11. The van der Waals surface area contributed by atoms with Crippen molar-refractivity contribution >= 4 is 41.4 Å². The highest BCUT2D eigenvalue weighted by atomic mass is 16.4. The molecule has 0 aliphatic heterocycles. The van der Waals surface area contributed by atoms with Crippen molar-refractivity contribution in [1.82, 2.24) is 61.8 Å². The SMILES string of the molecule is NCC(=O)NCCC(=O)N[C@@H](Cc1cnc[nH]1)C(=O)NCCC(=O)N[C@@H](Cc1cnc[nH]1)C(=O)NCCC(=O)N[C@@H](Cc1cnc[nH]1)C(=O)O. The van der Waals surface area contributed by atoms with Crippen LogP contribution in [0.25, 0.3) is 0 Å². The molecule has 3 aromatic heterocycles. The van der Waals surface area contributed by atoms with E-state index in [9.17, 15) is 38.7 Å². The minimum atomic E-state index is -1.24. The predicted octanol–water partition coefficient (Wildman–Crippen LogP) is -4.10. The van der Waals surface area contributed by atoms with Crippen LogP contribution in [0.2, 0.25) is 0 Å². The van der Waals surface area contributed by atoms with Gasteiger partial charge in [0.05, 0.1) is 25.5 Å². The summed E-state index contributed by atoms with van der Waals surface area (Å²) in [5.41, 5.74) is 6.86. The van der Waals surface area contributed by atoms with Gasteiger partial charge in [-0.3, -0.25) is 28.8 Å². The fourth-order valence-electron chi connectivity index (χ4n) is 4.50. The third-order valence-electron chi connectivity index (χ3n) is 7.04. The zero-order valence-electron chi connectivity index (χ0n) is 27.0. The lowest BCUT2D eigenvalue weighted by Crippen LogP contribution is -2.51. The van der Waals surface area contributed by atoms with Gasteiger partial charge in [-0.25, -0.2) is 19.7 Å². The van der Waals surface area contributed by atoms with E-state index in [-0.39, 0.29) is 64.7 Å². The number of carbonyl (C=O) groups excluding carboxylic acids is 6. The van der Waals surface area contributed by atoms with Crippen molar-refractivity contribution in [2.45, 2.75) is 56.7 Å². The Labute approximate surface area is 285 Å². The average molecular weight is 700 g/mol. The van der Waals surface area contributed by atoms with Gasteiger partial charge in [0.15, 0.2) is 0 Å². The number of hydrogen-bond acceptors (Lipinski definition) is 11. The molecule has 270 valence electrons. The van der Waals surface area contributed by atoms with Gasteiger partial charge in [-0.1, -0.05) is 0 Å². The summed E-state index contributed by atoms with van der Waals surface area (Å²) in [6.07, 6.45) is 8.18. The molecule has 0 aliphatic carbocycles. The van der Waals surface area contributed by atoms with Crippen LogP contribution in [0.15, 0.2) is 37.6 Å². The number of nitrogens with two attached hydrogens (primary N) is 1. The largest absolute Gasteiger partial charge is 0.480 e. The Balaban J connectivity index is 1.49. The summed E-state index contributed by atoms with van der Waals surface area (Å²) in [7, 11) is 0. The molecule has 3 atom stereocenters. The molecule has 3 heterocycles. The van der Waals surface area contributed by atoms with E-state index in [2.05, 4.69) is 61.8 Å². The molecule has 50 heavy (non-hydrogen) atoms. The molecule has 21 nitrogen and oxygen atoms in total. The Bertz CT molecular complexity index is 1540. The van der Waals surface area contributed by atoms with E-state index in [1.807, 2.05) is 0 Å². The number of imidazole rings is 3. The van der Waals surface area contributed by atoms with Gasteiger partial charge in [0.1, 0.15) is 18.1 Å². The van der Waals surface area contributed by atoms with Crippen LogP contribution in [0, 0.1) is 0 Å². The Morgan fingerprint density at radius 1 is 0.580 bits per heavy atom. The fraction of sp³-hybridized carbons (Fsp3) is 0.448. The second-order valence-electron chi connectivity index (χ2n) is 10.9. The quantitative estimate of drug-likeness (QED) is 0.0477. The van der Waals surface area contributed by atoms with Crippen LogP contribution in [0.3, 0.4) is 0 Å². The average Bonchev–Trinajstić information content (AvgIpc) is 3.89. The number of H-pyrrole nitrogens is 3. The van der Waals surface area contributed by atoms with E-state index in [4.69, 9.17) is 5.73 Å². The van der Waals surface area contributed by atoms with Gasteiger partial charge < -0.3 is 57.7 Å². The molecule has 3 aromatic rings. The Kier molecular flexibility index (Phi) is 15.6. The van der Waals surface area contributed by atoms with E-state index in [0.29, 0.717) is 17.1 Å².